The van der Waals surface area contributed by atoms with Crippen molar-refractivity contribution in [1.29, 1.82) is 0 Å². The number of benzene rings is 3. The molecule has 0 spiro atoms. The summed E-state index contributed by atoms with van der Waals surface area (Å²) in [6.07, 6.45) is 4.12. The summed E-state index contributed by atoms with van der Waals surface area (Å²) in [5.74, 6) is 0.564. The first kappa shape index (κ1) is 17.9. The zero-order valence-electron chi connectivity index (χ0n) is 15.3. The van der Waals surface area contributed by atoms with Crippen molar-refractivity contribution in [2.24, 2.45) is 0 Å². The maximum atomic E-state index is 14.4. The van der Waals surface area contributed by atoms with Crippen molar-refractivity contribution < 1.29 is 9.13 Å². The van der Waals surface area contributed by atoms with Gasteiger partial charge < -0.3 is 4.74 Å². The molecule has 3 nitrogen and oxygen atoms in total. The van der Waals surface area contributed by atoms with Gasteiger partial charge in [0.1, 0.15) is 12.4 Å². The van der Waals surface area contributed by atoms with Crippen molar-refractivity contribution in [3.8, 4) is 16.9 Å². The molecule has 0 aliphatic heterocycles. The summed E-state index contributed by atoms with van der Waals surface area (Å²) in [5, 5.41) is 0. The Morgan fingerprint density at radius 1 is 0.714 bits per heavy atom. The van der Waals surface area contributed by atoms with Crippen LogP contribution in [-0.4, -0.2) is 9.97 Å². The zero-order valence-corrected chi connectivity index (χ0v) is 15.3. The number of aromatic nitrogens is 2. The molecule has 0 saturated carbocycles. The fraction of sp³-hybridized carbons (Fsp3) is 0.0833. The van der Waals surface area contributed by atoms with Gasteiger partial charge in [0.2, 0.25) is 0 Å². The van der Waals surface area contributed by atoms with Crippen molar-refractivity contribution in [2.45, 2.75) is 13.0 Å². The van der Waals surface area contributed by atoms with E-state index in [1.807, 2.05) is 66.7 Å². The maximum Gasteiger partial charge on any atom is 0.165 e. The normalized spacial score (nSPS) is 10.6. The summed E-state index contributed by atoms with van der Waals surface area (Å²) in [7, 11) is 0. The van der Waals surface area contributed by atoms with Gasteiger partial charge in [0.15, 0.2) is 11.6 Å². The lowest BCUT2D eigenvalue weighted by Gasteiger charge is -2.09. The minimum absolute atomic E-state index is 0.231. The van der Waals surface area contributed by atoms with Gasteiger partial charge in [0.25, 0.3) is 0 Å². The number of hydrogen-bond donors (Lipinski definition) is 0. The summed E-state index contributed by atoms with van der Waals surface area (Å²) < 4.78 is 20.0. The lowest BCUT2D eigenvalue weighted by molar-refractivity contribution is 0.290. The van der Waals surface area contributed by atoms with E-state index in [0.717, 1.165) is 28.1 Å². The van der Waals surface area contributed by atoms with E-state index in [9.17, 15) is 4.39 Å². The van der Waals surface area contributed by atoms with Gasteiger partial charge in [-0.25, -0.2) is 14.4 Å². The Labute approximate surface area is 163 Å². The number of hydrogen-bond acceptors (Lipinski definition) is 3. The maximum absolute atomic E-state index is 14.4. The third kappa shape index (κ3) is 4.41. The van der Waals surface area contributed by atoms with E-state index in [2.05, 4.69) is 9.97 Å². The molecule has 0 N–H and O–H groups in total. The van der Waals surface area contributed by atoms with Crippen LogP contribution in [0.1, 0.15) is 17.0 Å². The molecule has 4 heteroatoms. The van der Waals surface area contributed by atoms with E-state index in [-0.39, 0.29) is 5.75 Å². The lowest BCUT2D eigenvalue weighted by Crippen LogP contribution is -1.98. The van der Waals surface area contributed by atoms with E-state index < -0.39 is 5.82 Å². The highest BCUT2D eigenvalue weighted by Gasteiger charge is 2.08. The van der Waals surface area contributed by atoms with Gasteiger partial charge in [-0.2, -0.15) is 0 Å². The van der Waals surface area contributed by atoms with Crippen LogP contribution in [0, 0.1) is 5.82 Å². The summed E-state index contributed by atoms with van der Waals surface area (Å²) >= 11 is 0. The van der Waals surface area contributed by atoms with Crippen LogP contribution in [0.4, 0.5) is 4.39 Å². The predicted octanol–water partition coefficient (Wildman–Crippen LogP) is 5.45. The summed E-state index contributed by atoms with van der Waals surface area (Å²) in [4.78, 5) is 8.83. The molecule has 0 aliphatic carbocycles. The van der Waals surface area contributed by atoms with Crippen molar-refractivity contribution in [2.75, 3.05) is 0 Å². The Hall–Kier alpha value is -3.53. The van der Waals surface area contributed by atoms with Gasteiger partial charge in [0, 0.05) is 24.4 Å². The molecule has 0 bridgehead atoms. The van der Waals surface area contributed by atoms with E-state index >= 15 is 0 Å². The average molecular weight is 370 g/mol. The SMILES string of the molecule is Fc1cc(-c2cnc(Cc3ccccc3)nc2)ccc1OCc1ccccc1. The van der Waals surface area contributed by atoms with Crippen molar-refractivity contribution >= 4 is 0 Å². The Balaban J connectivity index is 1.45. The van der Waals surface area contributed by atoms with Gasteiger partial charge in [-0.15, -0.1) is 0 Å². The Morgan fingerprint density at radius 3 is 2.00 bits per heavy atom. The van der Waals surface area contributed by atoms with Crippen LogP contribution < -0.4 is 4.74 Å². The lowest BCUT2D eigenvalue weighted by atomic mass is 10.1. The third-order valence-corrected chi connectivity index (χ3v) is 4.41. The fourth-order valence-corrected chi connectivity index (χ4v) is 2.91. The third-order valence-electron chi connectivity index (χ3n) is 4.41. The van der Waals surface area contributed by atoms with Crippen molar-refractivity contribution in [3.63, 3.8) is 0 Å². The smallest absolute Gasteiger partial charge is 0.165 e. The Morgan fingerprint density at radius 2 is 1.36 bits per heavy atom. The monoisotopic (exact) mass is 370 g/mol. The summed E-state index contributed by atoms with van der Waals surface area (Å²) in [5.41, 5.74) is 3.63. The molecule has 0 atom stereocenters. The van der Waals surface area contributed by atoms with E-state index in [4.69, 9.17) is 4.74 Å². The molecular weight excluding hydrogens is 351 g/mol. The quantitative estimate of drug-likeness (QED) is 0.452. The number of nitrogens with zero attached hydrogens (tertiary/aromatic N) is 2. The summed E-state index contributed by atoms with van der Waals surface area (Å²) in [6.45, 7) is 0.328. The molecule has 1 heterocycles. The molecule has 28 heavy (non-hydrogen) atoms. The largest absolute Gasteiger partial charge is 0.486 e. The summed E-state index contributed by atoms with van der Waals surface area (Å²) in [6, 6.07) is 24.7. The van der Waals surface area contributed by atoms with E-state index in [0.29, 0.717) is 13.0 Å². The van der Waals surface area contributed by atoms with Crippen molar-refractivity contribution in [1.82, 2.24) is 9.97 Å². The molecule has 0 saturated heterocycles. The predicted molar refractivity (Wildman–Crippen MR) is 107 cm³/mol. The molecule has 0 amide bonds. The van der Waals surface area contributed by atoms with Crippen LogP contribution >= 0.6 is 0 Å². The molecule has 3 aromatic carbocycles. The number of rotatable bonds is 6. The van der Waals surface area contributed by atoms with E-state index in [1.54, 1.807) is 18.5 Å². The van der Waals surface area contributed by atoms with Crippen LogP contribution in [0.3, 0.4) is 0 Å². The molecule has 0 fully saturated rings. The first-order valence-electron chi connectivity index (χ1n) is 9.09. The Kier molecular flexibility index (Phi) is 5.38. The first-order chi connectivity index (χ1) is 13.8. The van der Waals surface area contributed by atoms with Crippen LogP contribution in [0.15, 0.2) is 91.3 Å². The molecule has 1 aromatic heterocycles. The number of halogens is 1. The average Bonchev–Trinajstić information content (AvgIpc) is 2.75. The van der Waals surface area contributed by atoms with Gasteiger partial charge in [0.05, 0.1) is 0 Å². The molecule has 0 radical (unpaired) electrons. The van der Waals surface area contributed by atoms with Crippen LogP contribution in [0.2, 0.25) is 0 Å². The van der Waals surface area contributed by atoms with Gasteiger partial charge >= 0.3 is 0 Å². The fourth-order valence-electron chi connectivity index (χ4n) is 2.91. The Bertz CT molecular complexity index is 1040. The highest BCUT2D eigenvalue weighted by Crippen LogP contribution is 2.25. The molecule has 138 valence electrons. The molecular formula is C24H19FN2O. The topological polar surface area (TPSA) is 35.0 Å². The second-order valence-corrected chi connectivity index (χ2v) is 6.47. The second-order valence-electron chi connectivity index (χ2n) is 6.47. The van der Waals surface area contributed by atoms with Gasteiger partial charge in [-0.05, 0) is 28.8 Å². The molecule has 0 aliphatic rings. The standard InChI is InChI=1S/C24H19FN2O/c25-22-14-20(11-12-23(22)28-17-19-9-5-2-6-10-19)21-15-26-24(27-16-21)13-18-7-3-1-4-8-18/h1-12,14-16H,13,17H2. The van der Waals surface area contributed by atoms with Crippen molar-refractivity contribution in [3.05, 3.63) is 114 Å². The van der Waals surface area contributed by atoms with E-state index in [1.165, 1.54) is 6.07 Å². The van der Waals surface area contributed by atoms with Gasteiger partial charge in [-0.1, -0.05) is 66.7 Å². The highest BCUT2D eigenvalue weighted by molar-refractivity contribution is 5.62. The first-order valence-corrected chi connectivity index (χ1v) is 9.09. The minimum atomic E-state index is -0.401. The molecule has 4 aromatic rings. The molecule has 0 unspecified atom stereocenters. The van der Waals surface area contributed by atoms with Crippen LogP contribution in [0.5, 0.6) is 5.75 Å². The highest BCUT2D eigenvalue weighted by atomic mass is 19.1. The van der Waals surface area contributed by atoms with Gasteiger partial charge in [-0.3, -0.25) is 0 Å². The minimum Gasteiger partial charge on any atom is -0.486 e. The van der Waals surface area contributed by atoms with Crippen LogP contribution in [0.25, 0.3) is 11.1 Å². The second kappa shape index (κ2) is 8.44. The number of ether oxygens (including phenoxy) is 1. The zero-order chi connectivity index (χ0) is 19.2. The molecule has 4 rings (SSSR count). The van der Waals surface area contributed by atoms with Crippen LogP contribution in [-0.2, 0) is 13.0 Å².